The van der Waals surface area contributed by atoms with Crippen LogP contribution in [0.5, 0.6) is 0 Å². The van der Waals surface area contributed by atoms with Crippen LogP contribution in [0, 0.1) is 0 Å². The Morgan fingerprint density at radius 2 is 1.73 bits per heavy atom. The fraction of sp³-hybridized carbons (Fsp3) is 0.591. The lowest BCUT2D eigenvalue weighted by atomic mass is 9.96. The summed E-state index contributed by atoms with van der Waals surface area (Å²) in [7, 11) is 0. The summed E-state index contributed by atoms with van der Waals surface area (Å²) in [4.78, 5) is 39.9. The smallest absolute Gasteiger partial charge is 0.408 e. The van der Waals surface area contributed by atoms with Gasteiger partial charge >= 0.3 is 18.0 Å². The second-order valence-corrected chi connectivity index (χ2v) is 8.29. The Bertz CT molecular complexity index is 746. The molecule has 0 radical (unpaired) electrons. The van der Waals surface area contributed by atoms with Crippen LogP contribution in [-0.4, -0.2) is 59.9 Å². The molecule has 1 heterocycles. The van der Waals surface area contributed by atoms with Gasteiger partial charge in [-0.25, -0.2) is 9.59 Å². The van der Waals surface area contributed by atoms with Gasteiger partial charge in [-0.15, -0.1) is 0 Å². The van der Waals surface area contributed by atoms with Crippen molar-refractivity contribution in [2.45, 2.75) is 64.8 Å². The number of rotatable bonds is 7. The number of nitrogens with zero attached hydrogens (tertiary/aromatic N) is 1. The Labute approximate surface area is 177 Å². The molecule has 1 amide bonds. The minimum absolute atomic E-state index is 0.0384. The van der Waals surface area contributed by atoms with Crippen LogP contribution >= 0.6 is 0 Å². The van der Waals surface area contributed by atoms with Gasteiger partial charge in [-0.2, -0.15) is 0 Å². The van der Waals surface area contributed by atoms with Crippen LogP contribution in [0.4, 0.5) is 4.79 Å². The maximum Gasteiger partial charge on any atom is 0.408 e. The number of hydrogen-bond acceptors (Lipinski definition) is 7. The summed E-state index contributed by atoms with van der Waals surface area (Å²) in [5, 5.41) is 2.69. The molecule has 8 heteroatoms. The summed E-state index contributed by atoms with van der Waals surface area (Å²) >= 11 is 0. The van der Waals surface area contributed by atoms with Crippen LogP contribution in [0.2, 0.25) is 0 Å². The molecule has 0 unspecified atom stereocenters. The number of carbonyl (C=O) groups is 3. The third-order valence-electron chi connectivity index (χ3n) is 4.65. The van der Waals surface area contributed by atoms with Crippen molar-refractivity contribution in [3.63, 3.8) is 0 Å². The molecule has 166 valence electrons. The molecule has 2 atom stereocenters. The molecule has 1 aromatic rings. The van der Waals surface area contributed by atoms with Gasteiger partial charge < -0.3 is 19.5 Å². The number of hydrogen-bond donors (Lipinski definition) is 1. The van der Waals surface area contributed by atoms with E-state index >= 15 is 0 Å². The van der Waals surface area contributed by atoms with E-state index in [0.29, 0.717) is 6.54 Å². The summed E-state index contributed by atoms with van der Waals surface area (Å²) in [5.74, 6) is -1.04. The minimum atomic E-state index is -1.41. The van der Waals surface area contributed by atoms with Crippen molar-refractivity contribution >= 4 is 18.0 Å². The topological polar surface area (TPSA) is 94.2 Å². The van der Waals surface area contributed by atoms with Gasteiger partial charge in [0.2, 0.25) is 0 Å². The van der Waals surface area contributed by atoms with Gasteiger partial charge in [0.1, 0.15) is 11.6 Å². The number of benzene rings is 1. The molecule has 0 spiro atoms. The van der Waals surface area contributed by atoms with Crippen LogP contribution in [0.1, 0.15) is 46.6 Å². The first kappa shape index (κ1) is 23.7. The van der Waals surface area contributed by atoms with Crippen molar-refractivity contribution in [2.75, 3.05) is 19.8 Å². The van der Waals surface area contributed by atoms with Crippen LogP contribution < -0.4 is 5.32 Å². The predicted molar refractivity (Wildman–Crippen MR) is 111 cm³/mol. The van der Waals surface area contributed by atoms with E-state index in [-0.39, 0.29) is 26.2 Å². The molecular formula is C22H32N2O6. The van der Waals surface area contributed by atoms with Crippen molar-refractivity contribution in [1.82, 2.24) is 10.2 Å². The Balaban J connectivity index is 2.34. The zero-order valence-electron chi connectivity index (χ0n) is 18.4. The van der Waals surface area contributed by atoms with Crippen molar-refractivity contribution in [2.24, 2.45) is 0 Å². The van der Waals surface area contributed by atoms with Gasteiger partial charge in [0.05, 0.1) is 13.2 Å². The van der Waals surface area contributed by atoms with Crippen molar-refractivity contribution in [3.8, 4) is 0 Å². The van der Waals surface area contributed by atoms with Crippen LogP contribution in [0.15, 0.2) is 30.3 Å². The summed E-state index contributed by atoms with van der Waals surface area (Å²) in [6.07, 6.45) is -0.698. The van der Waals surface area contributed by atoms with Crippen molar-refractivity contribution in [3.05, 3.63) is 35.9 Å². The number of alkyl carbamates (subject to hydrolysis) is 1. The van der Waals surface area contributed by atoms with E-state index in [4.69, 9.17) is 14.2 Å². The summed E-state index contributed by atoms with van der Waals surface area (Å²) < 4.78 is 15.9. The lowest BCUT2D eigenvalue weighted by Crippen LogP contribution is -2.57. The molecule has 8 nitrogen and oxygen atoms in total. The average Bonchev–Trinajstić information content (AvgIpc) is 3.00. The number of esters is 2. The average molecular weight is 421 g/mol. The van der Waals surface area contributed by atoms with E-state index in [9.17, 15) is 14.4 Å². The first-order valence-electron chi connectivity index (χ1n) is 10.2. The molecule has 30 heavy (non-hydrogen) atoms. The summed E-state index contributed by atoms with van der Waals surface area (Å²) in [5.41, 5.74) is -1.17. The second-order valence-electron chi connectivity index (χ2n) is 8.29. The fourth-order valence-electron chi connectivity index (χ4n) is 3.49. The van der Waals surface area contributed by atoms with Gasteiger partial charge in [-0.3, -0.25) is 9.69 Å². The standard InChI is InChI=1S/C22H32N2O6/c1-6-28-18(25)17-13-22(19(26)29-7-2,23-20(27)30-21(3,4)5)15-24(17)14-16-11-9-8-10-12-16/h8-12,17H,6-7,13-15H2,1-5H3,(H,23,27)/t17-,22-/m0/s1. The van der Waals surface area contributed by atoms with Crippen LogP contribution in [0.3, 0.4) is 0 Å². The first-order chi connectivity index (χ1) is 14.1. The zero-order chi connectivity index (χ0) is 22.4. The number of carbonyl (C=O) groups excluding carboxylic acids is 3. The molecule has 0 aromatic heterocycles. The molecule has 0 saturated carbocycles. The minimum Gasteiger partial charge on any atom is -0.465 e. The van der Waals surface area contributed by atoms with Crippen LogP contribution in [0.25, 0.3) is 0 Å². The van der Waals surface area contributed by atoms with Crippen molar-refractivity contribution < 1.29 is 28.6 Å². The lowest BCUT2D eigenvalue weighted by molar-refractivity contribution is -0.150. The molecule has 1 fully saturated rings. The number of nitrogens with one attached hydrogen (secondary N) is 1. The highest BCUT2D eigenvalue weighted by Gasteiger charge is 2.54. The van der Waals surface area contributed by atoms with Crippen molar-refractivity contribution in [1.29, 1.82) is 0 Å². The van der Waals surface area contributed by atoms with Gasteiger partial charge in [-0.05, 0) is 40.2 Å². The Morgan fingerprint density at radius 3 is 2.30 bits per heavy atom. The molecule has 0 bridgehead atoms. The second kappa shape index (κ2) is 9.93. The van der Waals surface area contributed by atoms with E-state index in [1.54, 1.807) is 34.6 Å². The van der Waals surface area contributed by atoms with E-state index in [1.807, 2.05) is 35.2 Å². The number of likely N-dealkylation sites (tertiary alicyclic amines) is 1. The molecule has 1 aliphatic rings. The first-order valence-corrected chi connectivity index (χ1v) is 10.2. The Morgan fingerprint density at radius 1 is 1.10 bits per heavy atom. The number of ether oxygens (including phenoxy) is 3. The number of amides is 1. The van der Waals surface area contributed by atoms with E-state index < -0.39 is 35.2 Å². The zero-order valence-corrected chi connectivity index (χ0v) is 18.4. The Kier molecular flexibility index (Phi) is 7.83. The fourth-order valence-corrected chi connectivity index (χ4v) is 3.49. The van der Waals surface area contributed by atoms with E-state index in [0.717, 1.165) is 5.56 Å². The molecule has 1 N–H and O–H groups in total. The molecular weight excluding hydrogens is 388 g/mol. The highest BCUT2D eigenvalue weighted by Crippen LogP contribution is 2.31. The monoisotopic (exact) mass is 420 g/mol. The van der Waals surface area contributed by atoms with Gasteiger partial charge in [-0.1, -0.05) is 30.3 Å². The third kappa shape index (κ3) is 6.19. The molecule has 2 rings (SSSR count). The highest BCUT2D eigenvalue weighted by atomic mass is 16.6. The quantitative estimate of drug-likeness (QED) is 0.535. The molecule has 1 aliphatic heterocycles. The molecule has 0 aliphatic carbocycles. The highest BCUT2D eigenvalue weighted by molar-refractivity contribution is 5.89. The largest absolute Gasteiger partial charge is 0.465 e. The third-order valence-corrected chi connectivity index (χ3v) is 4.65. The van der Waals surface area contributed by atoms with Gasteiger partial charge in [0.25, 0.3) is 0 Å². The maximum absolute atomic E-state index is 12.9. The summed E-state index contributed by atoms with van der Waals surface area (Å²) in [6, 6.07) is 8.89. The van der Waals surface area contributed by atoms with Crippen LogP contribution in [-0.2, 0) is 30.3 Å². The van der Waals surface area contributed by atoms with E-state index in [1.165, 1.54) is 0 Å². The maximum atomic E-state index is 12.9. The van der Waals surface area contributed by atoms with Gasteiger partial charge in [0.15, 0.2) is 5.54 Å². The molecule has 1 aromatic carbocycles. The Hall–Kier alpha value is -2.61. The summed E-state index contributed by atoms with van der Waals surface area (Å²) in [6.45, 7) is 9.53. The van der Waals surface area contributed by atoms with Gasteiger partial charge in [0, 0.05) is 19.5 Å². The normalized spacial score (nSPS) is 21.7. The molecule has 1 saturated heterocycles. The lowest BCUT2D eigenvalue weighted by Gasteiger charge is -2.29. The van der Waals surface area contributed by atoms with E-state index in [2.05, 4.69) is 5.32 Å². The SMILES string of the molecule is CCOC(=O)[C@@H]1C[C@@](NC(=O)OC(C)(C)C)(C(=O)OCC)CN1Cc1ccccc1. The predicted octanol–water partition coefficient (Wildman–Crippen LogP) is 2.65.